The first-order chi connectivity index (χ1) is 29.3. The molecule has 0 aliphatic carbocycles. The number of carboxylic acids is 1. The first-order valence-electron chi connectivity index (χ1n) is 21.6. The van der Waals surface area contributed by atoms with Crippen molar-refractivity contribution in [3.8, 4) is 0 Å². The second-order valence-electron chi connectivity index (χ2n) is 14.3. The lowest BCUT2D eigenvalue weighted by atomic mass is 10.1. The Morgan fingerprint density at radius 3 is 1.89 bits per heavy atom. The van der Waals surface area contributed by atoms with Crippen molar-refractivity contribution < 1.29 is 62.8 Å². The van der Waals surface area contributed by atoms with E-state index >= 15 is 0 Å². The number of hydrogen-bond acceptors (Lipinski definition) is 12. The number of rotatable bonds is 38. The maximum atomic E-state index is 12.6. The summed E-state index contributed by atoms with van der Waals surface area (Å²) in [6.07, 6.45) is 38.6. The molecule has 0 aromatic carbocycles. The molecule has 0 amide bonds. The zero-order chi connectivity index (χ0) is 45.4. The van der Waals surface area contributed by atoms with Gasteiger partial charge in [0, 0.05) is 12.8 Å². The Balaban J connectivity index is 4.79. The van der Waals surface area contributed by atoms with Gasteiger partial charge < -0.3 is 40.5 Å². The van der Waals surface area contributed by atoms with Gasteiger partial charge in [-0.25, -0.2) is 4.57 Å². The van der Waals surface area contributed by atoms with E-state index in [-0.39, 0.29) is 25.7 Å². The molecule has 14 nitrogen and oxygen atoms in total. The normalized spacial score (nSPS) is 16.2. The van der Waals surface area contributed by atoms with Crippen LogP contribution in [0.3, 0.4) is 0 Å². The number of phosphoric ester groups is 1. The van der Waals surface area contributed by atoms with Gasteiger partial charge in [0.25, 0.3) is 0 Å². The Bertz CT molecular complexity index is 1450. The van der Waals surface area contributed by atoms with Crippen molar-refractivity contribution in [2.45, 2.75) is 153 Å². The number of nitrogens with two attached hydrogens (primary N) is 1. The number of ether oxygens (including phenoxy) is 2. The quantitative estimate of drug-likeness (QED) is 0.0113. The van der Waals surface area contributed by atoms with Gasteiger partial charge in [0.1, 0.15) is 12.6 Å². The van der Waals surface area contributed by atoms with E-state index in [4.69, 9.17) is 24.8 Å². The SMILES string of the molecule is CC/C=C\C[C@@H](O)/C=C/C=C/C=C\C=C/[C@H](O)[C@@H](O)CCCC(=O)OC[C@H](COP(=O)(O)OC[C@H](N)C(=O)O)OC(=O)CCC/C=C\C/C=C\C/C=C\CCCCCCCC. The van der Waals surface area contributed by atoms with Gasteiger partial charge in [-0.15, -0.1) is 0 Å². The molecule has 0 radical (unpaired) electrons. The molecule has 1 unspecified atom stereocenters. The Morgan fingerprint density at radius 1 is 0.656 bits per heavy atom. The topological polar surface area (TPSA) is 232 Å². The summed E-state index contributed by atoms with van der Waals surface area (Å²) in [4.78, 5) is 46.0. The van der Waals surface area contributed by atoms with E-state index in [9.17, 15) is 39.2 Å². The van der Waals surface area contributed by atoms with Gasteiger partial charge in [0.15, 0.2) is 6.10 Å². The second-order valence-corrected chi connectivity index (χ2v) is 15.8. The summed E-state index contributed by atoms with van der Waals surface area (Å²) in [6, 6.07) is -1.58. The van der Waals surface area contributed by atoms with Gasteiger partial charge in [-0.05, 0) is 64.2 Å². The molecule has 0 aliphatic heterocycles. The highest BCUT2D eigenvalue weighted by atomic mass is 31.2. The van der Waals surface area contributed by atoms with Crippen LogP contribution < -0.4 is 5.73 Å². The first kappa shape index (κ1) is 57.3. The lowest BCUT2D eigenvalue weighted by Gasteiger charge is -2.20. The summed E-state index contributed by atoms with van der Waals surface area (Å²) in [7, 11) is -4.82. The molecule has 0 saturated heterocycles. The van der Waals surface area contributed by atoms with Gasteiger partial charge >= 0.3 is 25.7 Å². The zero-order valence-electron chi connectivity index (χ0n) is 36.3. The van der Waals surface area contributed by atoms with Crippen molar-refractivity contribution in [3.05, 3.63) is 97.2 Å². The minimum absolute atomic E-state index is 0.00963. The summed E-state index contributed by atoms with van der Waals surface area (Å²) in [5.41, 5.74) is 5.31. The summed E-state index contributed by atoms with van der Waals surface area (Å²) < 4.78 is 32.4. The number of aliphatic carboxylic acids is 1. The van der Waals surface area contributed by atoms with Crippen LogP contribution in [0.25, 0.3) is 0 Å². The van der Waals surface area contributed by atoms with Crippen LogP contribution >= 0.6 is 7.82 Å². The molecule has 0 heterocycles. The molecule has 6 atom stereocenters. The van der Waals surface area contributed by atoms with Crippen LogP contribution in [-0.4, -0.2) is 93.5 Å². The number of phosphoric acid groups is 1. The number of esters is 2. The number of aliphatic hydroxyl groups excluding tert-OH is 3. The van der Waals surface area contributed by atoms with Crippen molar-refractivity contribution >= 4 is 25.7 Å². The predicted molar refractivity (Wildman–Crippen MR) is 239 cm³/mol. The average molecular weight is 880 g/mol. The van der Waals surface area contributed by atoms with Crippen LogP contribution in [0, 0.1) is 0 Å². The van der Waals surface area contributed by atoms with E-state index < -0.39 is 76.0 Å². The number of hydrogen-bond donors (Lipinski definition) is 6. The minimum atomic E-state index is -4.82. The van der Waals surface area contributed by atoms with E-state index in [1.54, 1.807) is 42.5 Å². The Kier molecular flexibility index (Phi) is 36.8. The molecule has 346 valence electrons. The van der Waals surface area contributed by atoms with Gasteiger partial charge in [0.05, 0.1) is 31.5 Å². The summed E-state index contributed by atoms with van der Waals surface area (Å²) in [5, 5.41) is 39.3. The fourth-order valence-corrected chi connectivity index (χ4v) is 5.90. The third-order valence-corrected chi connectivity index (χ3v) is 9.61. The van der Waals surface area contributed by atoms with Gasteiger partial charge in [-0.2, -0.15) is 0 Å². The summed E-state index contributed by atoms with van der Waals surface area (Å²) in [6.45, 7) is 2.18. The molecule has 0 aromatic rings. The fourth-order valence-electron chi connectivity index (χ4n) is 5.13. The number of allylic oxidation sites excluding steroid dienone is 13. The summed E-state index contributed by atoms with van der Waals surface area (Å²) >= 11 is 0. The van der Waals surface area contributed by atoms with Gasteiger partial charge in [-0.1, -0.05) is 143 Å². The van der Waals surface area contributed by atoms with Crippen LogP contribution in [0.4, 0.5) is 0 Å². The van der Waals surface area contributed by atoms with E-state index in [0.717, 1.165) is 25.7 Å². The second kappa shape index (κ2) is 39.1. The molecule has 0 rings (SSSR count). The molecular weight excluding hydrogens is 805 g/mol. The molecule has 61 heavy (non-hydrogen) atoms. The van der Waals surface area contributed by atoms with Crippen LogP contribution in [0.5, 0.6) is 0 Å². The highest BCUT2D eigenvalue weighted by molar-refractivity contribution is 7.47. The van der Waals surface area contributed by atoms with Gasteiger partial charge in [-0.3, -0.25) is 23.4 Å². The highest BCUT2D eigenvalue weighted by Gasteiger charge is 2.28. The Labute approximate surface area is 363 Å². The zero-order valence-corrected chi connectivity index (χ0v) is 37.2. The fraction of sp³-hybridized carbons (Fsp3) is 0.587. The number of carbonyl (C=O) groups excluding carboxylic acids is 2. The Morgan fingerprint density at radius 2 is 1.23 bits per heavy atom. The molecule has 0 saturated carbocycles. The lowest BCUT2D eigenvalue weighted by Crippen LogP contribution is -2.34. The third kappa shape index (κ3) is 37.7. The smallest absolute Gasteiger partial charge is 0.472 e. The molecule has 0 bridgehead atoms. The van der Waals surface area contributed by atoms with E-state index in [1.165, 1.54) is 44.6 Å². The van der Waals surface area contributed by atoms with Crippen LogP contribution in [-0.2, 0) is 37.5 Å². The first-order valence-corrected chi connectivity index (χ1v) is 23.1. The molecule has 0 aliphatic rings. The van der Waals surface area contributed by atoms with Crippen molar-refractivity contribution in [2.24, 2.45) is 5.73 Å². The van der Waals surface area contributed by atoms with Crippen molar-refractivity contribution in [2.75, 3.05) is 19.8 Å². The van der Waals surface area contributed by atoms with E-state index in [1.807, 2.05) is 31.2 Å². The number of aliphatic hydroxyl groups is 3. The highest BCUT2D eigenvalue weighted by Crippen LogP contribution is 2.43. The lowest BCUT2D eigenvalue weighted by molar-refractivity contribution is -0.161. The average Bonchev–Trinajstić information content (AvgIpc) is 3.22. The third-order valence-electron chi connectivity index (χ3n) is 8.66. The number of carboxylic acid groups (broad SMARTS) is 1. The maximum absolute atomic E-state index is 12.6. The van der Waals surface area contributed by atoms with Crippen LogP contribution in [0.1, 0.15) is 123 Å². The largest absolute Gasteiger partial charge is 0.480 e. The number of unbranched alkanes of at least 4 members (excludes halogenated alkanes) is 7. The van der Waals surface area contributed by atoms with Crippen LogP contribution in [0.2, 0.25) is 0 Å². The standard InChI is InChI=1S/C46H74NO13P/c1-3-5-7-8-9-10-11-12-13-14-15-16-17-18-19-24-28-34-45(52)60-40(37-58-61(55,56)59-38-41(47)46(53)54)36-57-44(51)35-29-33-43(50)42(49)32-27-23-21-20-22-26-31-39(48)30-25-6-4-2/h6,12-13,15-16,18-23,25-27,31-32,39-43,48-50H,3-5,7-11,14,17,24,28-30,33-38,47H2,1-2H3,(H,53,54)(H,55,56)/b13-12-,16-15-,19-18-,22-20+,23-21-,25-6-,31-26+,32-27-/t39-,40-,41+,42+,43+/m1/s1. The molecule has 15 heteroatoms. The van der Waals surface area contributed by atoms with Crippen molar-refractivity contribution in [1.29, 1.82) is 0 Å². The monoisotopic (exact) mass is 879 g/mol. The number of carbonyl (C=O) groups is 3. The predicted octanol–water partition coefficient (Wildman–Crippen LogP) is 8.19. The van der Waals surface area contributed by atoms with Crippen LogP contribution in [0.15, 0.2) is 97.2 Å². The van der Waals surface area contributed by atoms with Crippen molar-refractivity contribution in [3.63, 3.8) is 0 Å². The van der Waals surface area contributed by atoms with Crippen molar-refractivity contribution in [1.82, 2.24) is 0 Å². The molecule has 7 N–H and O–H groups in total. The summed E-state index contributed by atoms with van der Waals surface area (Å²) in [5.74, 6) is -2.84. The molecule has 0 spiro atoms. The van der Waals surface area contributed by atoms with E-state index in [2.05, 4.69) is 35.8 Å². The molecular formula is C46H74NO13P. The molecule has 0 aromatic heterocycles. The Hall–Kier alpha value is -3.72. The van der Waals surface area contributed by atoms with E-state index in [0.29, 0.717) is 19.3 Å². The molecule has 0 fully saturated rings. The minimum Gasteiger partial charge on any atom is -0.480 e. The van der Waals surface area contributed by atoms with Gasteiger partial charge in [0.2, 0.25) is 0 Å². The maximum Gasteiger partial charge on any atom is 0.472 e.